The van der Waals surface area contributed by atoms with Crippen LogP contribution in [0.3, 0.4) is 0 Å². The van der Waals surface area contributed by atoms with E-state index in [0.29, 0.717) is 51.4 Å². The van der Waals surface area contributed by atoms with Gasteiger partial charge in [0.15, 0.2) is 31.1 Å². The summed E-state index contributed by atoms with van der Waals surface area (Å²) in [6.45, 7) is 35.4. The number of benzene rings is 1. The van der Waals surface area contributed by atoms with Gasteiger partial charge in [-0.2, -0.15) is 0 Å². The largest absolute Gasteiger partial charge is 0.464 e. The van der Waals surface area contributed by atoms with Crippen LogP contribution in [0.15, 0.2) is 30.3 Å². The van der Waals surface area contributed by atoms with Gasteiger partial charge in [0.05, 0.1) is 62.9 Å². The molecule has 3 aliphatic rings. The lowest BCUT2D eigenvalue weighted by Crippen LogP contribution is -2.59. The zero-order chi connectivity index (χ0) is 52.3. The Morgan fingerprint density at radius 3 is 1.27 bits per heavy atom. The molecule has 15 nitrogen and oxygen atoms in total. The highest BCUT2D eigenvalue weighted by molar-refractivity contribution is 6.74. The fourth-order valence-corrected chi connectivity index (χ4v) is 11.1. The number of carbonyl (C=O) groups is 4. The van der Waals surface area contributed by atoms with Gasteiger partial charge < -0.3 is 52.9 Å². The molecular weight excluding hydrogens is 943 g/mol. The lowest BCUT2D eigenvalue weighted by molar-refractivity contribution is -0.168. The molecule has 0 unspecified atom stereocenters. The van der Waals surface area contributed by atoms with Gasteiger partial charge in [-0.15, -0.1) is 0 Å². The zero-order valence-corrected chi connectivity index (χ0v) is 48.9. The van der Waals surface area contributed by atoms with Crippen LogP contribution in [0.1, 0.15) is 133 Å². The third kappa shape index (κ3) is 17.5. The molecule has 0 radical (unpaired) electrons. The van der Waals surface area contributed by atoms with Crippen molar-refractivity contribution in [1.82, 2.24) is 16.0 Å². The maximum atomic E-state index is 14.5. The van der Waals surface area contributed by atoms with Gasteiger partial charge in [-0.25, -0.2) is 9.59 Å². The van der Waals surface area contributed by atoms with E-state index in [9.17, 15) is 19.2 Å². The fraction of sp³-hybridized carbons (Fsp3) is 0.808. The highest BCUT2D eigenvalue weighted by Crippen LogP contribution is 2.39. The summed E-state index contributed by atoms with van der Waals surface area (Å²) in [5, 5.41) is 9.35. The van der Waals surface area contributed by atoms with E-state index in [-0.39, 0.29) is 60.0 Å². The minimum Gasteiger partial charge on any atom is -0.464 e. The second-order valence-electron chi connectivity index (χ2n) is 24.3. The summed E-state index contributed by atoms with van der Waals surface area (Å²) in [5.74, 6) is -0.979. The van der Waals surface area contributed by atoms with Gasteiger partial charge in [-0.3, -0.25) is 9.59 Å². The Bertz CT molecular complexity index is 1830. The smallest absolute Gasteiger partial charge is 0.407 e. The topological polar surface area (TPSA) is 178 Å². The number of ether oxygens (including phenoxy) is 5. The molecule has 1 aromatic carbocycles. The molecule has 3 heterocycles. The maximum Gasteiger partial charge on any atom is 0.407 e. The van der Waals surface area contributed by atoms with Crippen LogP contribution >= 0.6 is 0 Å². The van der Waals surface area contributed by atoms with Crippen molar-refractivity contribution in [2.24, 2.45) is 0 Å². The minimum atomic E-state index is -2.31. The first-order valence-electron chi connectivity index (χ1n) is 26.1. The molecule has 4 rings (SSSR count). The molecule has 0 saturated carbocycles. The molecular formula is C52H93N3O12Si3. The Morgan fingerprint density at radius 2 is 0.900 bits per heavy atom. The van der Waals surface area contributed by atoms with Gasteiger partial charge in [-0.1, -0.05) is 92.6 Å². The number of rotatable bonds is 21. The van der Waals surface area contributed by atoms with Crippen LogP contribution in [0.25, 0.3) is 0 Å². The SMILES string of the molecule is CCOC(=O)[C@@H]1CCC[C@H]([C@H](CO[Si](C)(C)C(C)(C)C)NC(=O)[C@@H]2CCC[C@H]([C@H](CO[Si](C)(C)C(C)(C)C)NC(=O)[C@@H]3CCC[C@H]([C@H](CO[Si](C)(C)C(C)(C)C)NC(=O)OCc4ccccc4)O3)O2)O1. The first-order chi connectivity index (χ1) is 32.4. The molecule has 1 aromatic rings. The molecule has 3 N–H and O–H groups in total. The minimum absolute atomic E-state index is 0.0635. The Balaban J connectivity index is 1.54. The van der Waals surface area contributed by atoms with E-state index in [1.807, 2.05) is 30.3 Å². The highest BCUT2D eigenvalue weighted by Gasteiger charge is 2.45. The van der Waals surface area contributed by atoms with Crippen molar-refractivity contribution in [3.05, 3.63) is 35.9 Å². The second-order valence-corrected chi connectivity index (χ2v) is 38.7. The van der Waals surface area contributed by atoms with Gasteiger partial charge >= 0.3 is 12.1 Å². The molecule has 0 aliphatic carbocycles. The van der Waals surface area contributed by atoms with E-state index in [2.05, 4.69) is 118 Å². The van der Waals surface area contributed by atoms with Gasteiger partial charge in [0.25, 0.3) is 0 Å². The first-order valence-corrected chi connectivity index (χ1v) is 34.8. The molecule has 70 heavy (non-hydrogen) atoms. The normalized spacial score (nSPS) is 24.4. The van der Waals surface area contributed by atoms with Gasteiger partial charge in [-0.05, 0) is 125 Å². The average Bonchev–Trinajstić information content (AvgIpc) is 3.29. The Hall–Kier alpha value is -2.69. The van der Waals surface area contributed by atoms with Crippen LogP contribution in [0.4, 0.5) is 4.79 Å². The number of hydrogen-bond acceptors (Lipinski definition) is 12. The predicted molar refractivity (Wildman–Crippen MR) is 281 cm³/mol. The third-order valence-electron chi connectivity index (χ3n) is 15.8. The van der Waals surface area contributed by atoms with Crippen LogP contribution in [0.5, 0.6) is 0 Å². The molecule has 3 amide bonds. The molecule has 0 bridgehead atoms. The highest BCUT2D eigenvalue weighted by atomic mass is 28.4. The summed E-state index contributed by atoms with van der Waals surface area (Å²) in [4.78, 5) is 55.1. The first kappa shape index (κ1) is 59.9. The molecule has 3 saturated heterocycles. The number of carbonyl (C=O) groups excluding carboxylic acids is 4. The zero-order valence-electron chi connectivity index (χ0n) is 45.9. The predicted octanol–water partition coefficient (Wildman–Crippen LogP) is 9.69. The van der Waals surface area contributed by atoms with Crippen LogP contribution < -0.4 is 16.0 Å². The van der Waals surface area contributed by atoms with Crippen molar-refractivity contribution in [3.8, 4) is 0 Å². The monoisotopic (exact) mass is 1040 g/mol. The summed E-state index contributed by atoms with van der Waals surface area (Å²) in [5.41, 5.74) is 0.869. The molecule has 0 spiro atoms. The molecule has 3 fully saturated rings. The van der Waals surface area contributed by atoms with Crippen molar-refractivity contribution in [2.45, 2.75) is 243 Å². The van der Waals surface area contributed by atoms with E-state index < -0.39 is 91.8 Å². The third-order valence-corrected chi connectivity index (χ3v) is 29.3. The fourth-order valence-electron chi connectivity index (χ4n) is 7.97. The second kappa shape index (κ2) is 25.5. The Kier molecular flexibility index (Phi) is 21.8. The number of amides is 3. The van der Waals surface area contributed by atoms with Gasteiger partial charge in [0.1, 0.15) is 18.8 Å². The van der Waals surface area contributed by atoms with Crippen molar-refractivity contribution in [2.75, 3.05) is 26.4 Å². The van der Waals surface area contributed by atoms with E-state index in [4.69, 9.17) is 37.0 Å². The van der Waals surface area contributed by atoms with E-state index >= 15 is 0 Å². The molecule has 0 aromatic heterocycles. The van der Waals surface area contributed by atoms with Crippen molar-refractivity contribution >= 4 is 48.8 Å². The number of esters is 1. The summed E-state index contributed by atoms with van der Waals surface area (Å²) in [6, 6.07) is 7.81. The summed E-state index contributed by atoms with van der Waals surface area (Å²) in [7, 11) is -6.79. The number of nitrogens with one attached hydrogen (secondary N) is 3. The van der Waals surface area contributed by atoms with E-state index in [0.717, 1.165) is 12.0 Å². The Morgan fingerprint density at radius 1 is 0.543 bits per heavy atom. The molecule has 18 heteroatoms. The van der Waals surface area contributed by atoms with Crippen LogP contribution in [0.2, 0.25) is 54.4 Å². The average molecular weight is 1040 g/mol. The van der Waals surface area contributed by atoms with Crippen molar-refractivity contribution in [1.29, 1.82) is 0 Å². The van der Waals surface area contributed by atoms with E-state index in [1.165, 1.54) is 0 Å². The number of hydrogen-bond donors (Lipinski definition) is 3. The lowest BCUT2D eigenvalue weighted by atomic mass is 9.96. The Labute approximate surface area is 424 Å². The molecule has 400 valence electrons. The number of alkyl carbamates (subject to hydrolysis) is 1. The van der Waals surface area contributed by atoms with Gasteiger partial charge in [0, 0.05) is 0 Å². The summed E-state index contributed by atoms with van der Waals surface area (Å²) >= 11 is 0. The lowest BCUT2D eigenvalue weighted by Gasteiger charge is -2.42. The maximum absolute atomic E-state index is 14.5. The molecule has 9 atom stereocenters. The van der Waals surface area contributed by atoms with E-state index in [1.54, 1.807) is 6.92 Å². The molecule has 3 aliphatic heterocycles. The van der Waals surface area contributed by atoms with Crippen LogP contribution in [0, 0.1) is 0 Å². The van der Waals surface area contributed by atoms with Crippen molar-refractivity contribution < 1.29 is 56.1 Å². The quantitative estimate of drug-likeness (QED) is 0.0786. The summed E-state index contributed by atoms with van der Waals surface area (Å²) in [6.07, 6.45) is 1.09. The van der Waals surface area contributed by atoms with Crippen LogP contribution in [-0.4, -0.2) is 130 Å². The van der Waals surface area contributed by atoms with Gasteiger partial charge in [0.2, 0.25) is 11.8 Å². The van der Waals surface area contributed by atoms with Crippen molar-refractivity contribution in [3.63, 3.8) is 0 Å². The standard InChI is InChI=1S/C52H93N3O12Si3/c1-17-60-48(58)45-31-23-28-41(67-45)38(34-63-69(13,14)51(5,6)7)54-46(56)43-29-21-26-40(65-43)37(33-62-68(11,12)50(2,3)4)53-47(57)44-30-22-27-42(66-44)39(35-64-70(15,16)52(8,9)10)55-49(59)61-32-36-24-19-18-20-25-36/h18-20,24-25,37-45H,17,21-23,26-35H2,1-16H3,(H,53,57)(H,54,56)(H,55,59)/t37-,38-,39-,40+,41+,42+,43-,44-,45-/m0/s1. The summed E-state index contributed by atoms with van der Waals surface area (Å²) < 4.78 is 50.8. The van der Waals surface area contributed by atoms with Crippen LogP contribution in [-0.2, 0) is 58.0 Å².